The standard InChI is InChI=1S/C12H23NO2/c1-3-12(14)6-4-7-13-8-5-9-15-11(2)10-13/h11H,3-10H2,1-2H3. The average molecular weight is 213 g/mol. The maximum Gasteiger partial charge on any atom is 0.132 e. The molecule has 0 bridgehead atoms. The van der Waals surface area contributed by atoms with Gasteiger partial charge in [-0.2, -0.15) is 0 Å². The van der Waals surface area contributed by atoms with E-state index in [4.69, 9.17) is 4.74 Å². The van der Waals surface area contributed by atoms with E-state index >= 15 is 0 Å². The van der Waals surface area contributed by atoms with E-state index in [0.717, 1.165) is 45.5 Å². The minimum absolute atomic E-state index is 0.342. The summed E-state index contributed by atoms with van der Waals surface area (Å²) in [6.45, 7) is 8.11. The van der Waals surface area contributed by atoms with Crippen molar-refractivity contribution in [1.82, 2.24) is 4.90 Å². The van der Waals surface area contributed by atoms with Gasteiger partial charge in [0.05, 0.1) is 6.10 Å². The number of carbonyl (C=O) groups is 1. The smallest absolute Gasteiger partial charge is 0.132 e. The Kier molecular flexibility index (Phi) is 5.88. The highest BCUT2D eigenvalue weighted by Gasteiger charge is 2.14. The highest BCUT2D eigenvalue weighted by Crippen LogP contribution is 2.07. The van der Waals surface area contributed by atoms with Crippen molar-refractivity contribution in [2.45, 2.75) is 45.6 Å². The van der Waals surface area contributed by atoms with Crippen LogP contribution in [-0.4, -0.2) is 43.0 Å². The lowest BCUT2D eigenvalue weighted by Gasteiger charge is -2.21. The summed E-state index contributed by atoms with van der Waals surface area (Å²) < 4.78 is 5.57. The summed E-state index contributed by atoms with van der Waals surface area (Å²) in [5.74, 6) is 0.383. The second-order valence-electron chi connectivity index (χ2n) is 4.33. The Labute approximate surface area is 92.8 Å². The van der Waals surface area contributed by atoms with Gasteiger partial charge in [-0.05, 0) is 26.3 Å². The first-order chi connectivity index (χ1) is 7.22. The molecule has 0 saturated carbocycles. The number of carbonyl (C=O) groups excluding carboxylic acids is 1. The third kappa shape index (κ3) is 5.28. The van der Waals surface area contributed by atoms with Gasteiger partial charge in [0.25, 0.3) is 0 Å². The van der Waals surface area contributed by atoms with Crippen LogP contribution in [0, 0.1) is 0 Å². The predicted octanol–water partition coefficient (Wildman–Crippen LogP) is 1.86. The van der Waals surface area contributed by atoms with Crippen molar-refractivity contribution in [2.75, 3.05) is 26.2 Å². The summed E-state index contributed by atoms with van der Waals surface area (Å²) >= 11 is 0. The SMILES string of the molecule is CCC(=O)CCCN1CCCOC(C)C1. The number of hydrogen-bond acceptors (Lipinski definition) is 3. The summed E-state index contributed by atoms with van der Waals surface area (Å²) in [5, 5.41) is 0. The third-order valence-electron chi connectivity index (χ3n) is 2.86. The molecule has 1 saturated heterocycles. The molecular formula is C12H23NO2. The molecule has 1 fully saturated rings. The van der Waals surface area contributed by atoms with Gasteiger partial charge in [-0.15, -0.1) is 0 Å². The molecule has 0 N–H and O–H groups in total. The Balaban J connectivity index is 2.16. The van der Waals surface area contributed by atoms with E-state index in [0.29, 0.717) is 18.3 Å². The van der Waals surface area contributed by atoms with E-state index in [-0.39, 0.29) is 0 Å². The van der Waals surface area contributed by atoms with Crippen LogP contribution >= 0.6 is 0 Å². The first-order valence-electron chi connectivity index (χ1n) is 6.08. The molecule has 3 nitrogen and oxygen atoms in total. The molecular weight excluding hydrogens is 190 g/mol. The van der Waals surface area contributed by atoms with E-state index in [1.165, 1.54) is 0 Å². The first kappa shape index (κ1) is 12.7. The van der Waals surface area contributed by atoms with Crippen molar-refractivity contribution in [1.29, 1.82) is 0 Å². The Morgan fingerprint density at radius 1 is 1.53 bits per heavy atom. The maximum atomic E-state index is 11.1. The van der Waals surface area contributed by atoms with Crippen LogP contribution in [0.2, 0.25) is 0 Å². The van der Waals surface area contributed by atoms with Crippen LogP contribution in [0.3, 0.4) is 0 Å². The van der Waals surface area contributed by atoms with Crippen LogP contribution in [0.4, 0.5) is 0 Å². The van der Waals surface area contributed by atoms with Crippen LogP contribution < -0.4 is 0 Å². The molecule has 15 heavy (non-hydrogen) atoms. The van der Waals surface area contributed by atoms with Crippen molar-refractivity contribution < 1.29 is 9.53 Å². The molecule has 88 valence electrons. The summed E-state index contributed by atoms with van der Waals surface area (Å²) in [7, 11) is 0. The lowest BCUT2D eigenvalue weighted by molar-refractivity contribution is -0.118. The molecule has 0 aromatic heterocycles. The van der Waals surface area contributed by atoms with Gasteiger partial charge in [-0.25, -0.2) is 0 Å². The Morgan fingerprint density at radius 3 is 3.07 bits per heavy atom. The van der Waals surface area contributed by atoms with Crippen LogP contribution in [0.15, 0.2) is 0 Å². The van der Waals surface area contributed by atoms with Crippen LogP contribution in [0.25, 0.3) is 0 Å². The molecule has 1 aliphatic rings. The monoisotopic (exact) mass is 213 g/mol. The average Bonchev–Trinajstić information content (AvgIpc) is 2.42. The van der Waals surface area contributed by atoms with Gasteiger partial charge >= 0.3 is 0 Å². The van der Waals surface area contributed by atoms with Gasteiger partial charge in [0, 0.05) is 32.5 Å². The molecule has 1 unspecified atom stereocenters. The fourth-order valence-electron chi connectivity index (χ4n) is 1.96. The van der Waals surface area contributed by atoms with Crippen molar-refractivity contribution in [3.05, 3.63) is 0 Å². The number of Topliss-reactive ketones (excluding diaryl/α,β-unsaturated/α-hetero) is 1. The topological polar surface area (TPSA) is 29.5 Å². The van der Waals surface area contributed by atoms with Gasteiger partial charge in [0.15, 0.2) is 0 Å². The number of rotatable bonds is 5. The first-order valence-corrected chi connectivity index (χ1v) is 6.08. The fraction of sp³-hybridized carbons (Fsp3) is 0.917. The third-order valence-corrected chi connectivity index (χ3v) is 2.86. The molecule has 1 heterocycles. The second-order valence-corrected chi connectivity index (χ2v) is 4.33. The minimum Gasteiger partial charge on any atom is -0.377 e. The number of hydrogen-bond donors (Lipinski definition) is 0. The van der Waals surface area contributed by atoms with E-state index < -0.39 is 0 Å². The highest BCUT2D eigenvalue weighted by molar-refractivity contribution is 5.77. The van der Waals surface area contributed by atoms with E-state index in [1.54, 1.807) is 0 Å². The van der Waals surface area contributed by atoms with E-state index in [9.17, 15) is 4.79 Å². The summed E-state index contributed by atoms with van der Waals surface area (Å²) in [4.78, 5) is 13.6. The molecule has 0 aromatic carbocycles. The highest BCUT2D eigenvalue weighted by atomic mass is 16.5. The minimum atomic E-state index is 0.342. The largest absolute Gasteiger partial charge is 0.377 e. The molecule has 0 spiro atoms. The van der Waals surface area contributed by atoms with Crippen molar-refractivity contribution in [2.24, 2.45) is 0 Å². The second kappa shape index (κ2) is 6.96. The molecule has 0 amide bonds. The quantitative estimate of drug-likeness (QED) is 0.698. The van der Waals surface area contributed by atoms with Crippen LogP contribution in [0.1, 0.15) is 39.5 Å². The summed E-state index contributed by atoms with van der Waals surface area (Å²) in [5.41, 5.74) is 0. The fourth-order valence-corrected chi connectivity index (χ4v) is 1.96. The normalized spacial score (nSPS) is 23.7. The Hall–Kier alpha value is -0.410. The summed E-state index contributed by atoms with van der Waals surface area (Å²) in [6.07, 6.45) is 3.88. The molecule has 1 atom stereocenters. The lowest BCUT2D eigenvalue weighted by atomic mass is 10.1. The predicted molar refractivity (Wildman–Crippen MR) is 61.0 cm³/mol. The zero-order valence-electron chi connectivity index (χ0n) is 10.00. The van der Waals surface area contributed by atoms with E-state index in [1.807, 2.05) is 6.92 Å². The van der Waals surface area contributed by atoms with Gasteiger partial charge < -0.3 is 9.64 Å². The van der Waals surface area contributed by atoms with Crippen LogP contribution in [-0.2, 0) is 9.53 Å². The molecule has 0 radical (unpaired) electrons. The van der Waals surface area contributed by atoms with Gasteiger partial charge in [-0.3, -0.25) is 4.79 Å². The van der Waals surface area contributed by atoms with Crippen molar-refractivity contribution in [3.63, 3.8) is 0 Å². The molecule has 3 heteroatoms. The van der Waals surface area contributed by atoms with Crippen LogP contribution in [0.5, 0.6) is 0 Å². The number of ether oxygens (including phenoxy) is 1. The molecule has 1 rings (SSSR count). The molecule has 0 aromatic rings. The maximum absolute atomic E-state index is 11.1. The number of nitrogens with zero attached hydrogens (tertiary/aromatic N) is 1. The van der Waals surface area contributed by atoms with Gasteiger partial charge in [0.1, 0.15) is 5.78 Å². The van der Waals surface area contributed by atoms with Gasteiger partial charge in [0.2, 0.25) is 0 Å². The Morgan fingerprint density at radius 2 is 2.33 bits per heavy atom. The molecule has 0 aliphatic carbocycles. The zero-order chi connectivity index (χ0) is 11.1. The summed E-state index contributed by atoms with van der Waals surface area (Å²) in [6, 6.07) is 0. The van der Waals surface area contributed by atoms with Crippen molar-refractivity contribution >= 4 is 5.78 Å². The Bertz CT molecular complexity index is 194. The van der Waals surface area contributed by atoms with Gasteiger partial charge in [-0.1, -0.05) is 6.92 Å². The van der Waals surface area contributed by atoms with E-state index in [2.05, 4.69) is 11.8 Å². The number of ketones is 1. The molecule has 1 aliphatic heterocycles. The lowest BCUT2D eigenvalue weighted by Crippen LogP contribution is -2.31. The van der Waals surface area contributed by atoms with Crippen molar-refractivity contribution in [3.8, 4) is 0 Å². The zero-order valence-corrected chi connectivity index (χ0v) is 10.00.